The maximum Gasteiger partial charge on any atom is 0.133 e. The van der Waals surface area contributed by atoms with Gasteiger partial charge in [-0.2, -0.15) is 0 Å². The van der Waals surface area contributed by atoms with Crippen LogP contribution in [0.15, 0.2) is 34.9 Å². The summed E-state index contributed by atoms with van der Waals surface area (Å²) >= 11 is 0. The average Bonchev–Trinajstić information content (AvgIpc) is 3.20. The molecule has 0 spiro atoms. The lowest BCUT2D eigenvalue weighted by molar-refractivity contribution is 0.296. The van der Waals surface area contributed by atoms with Gasteiger partial charge in [-0.05, 0) is 31.7 Å². The number of nitrogens with one attached hydrogen (secondary N) is 1. The second kappa shape index (κ2) is 6.09. The molecule has 0 saturated heterocycles. The minimum atomic E-state index is 0.703. The van der Waals surface area contributed by atoms with Crippen molar-refractivity contribution in [3.8, 4) is 5.75 Å². The highest BCUT2D eigenvalue weighted by molar-refractivity contribution is 5.33. The van der Waals surface area contributed by atoms with Crippen molar-refractivity contribution >= 4 is 0 Å². The highest BCUT2D eigenvalue weighted by Gasteiger charge is 2.22. The van der Waals surface area contributed by atoms with Crippen LogP contribution in [0.3, 0.4) is 0 Å². The molecule has 1 N–H and O–H groups in total. The molecule has 1 heterocycles. The van der Waals surface area contributed by atoms with Crippen molar-refractivity contribution in [1.29, 1.82) is 0 Å². The fourth-order valence-electron chi connectivity index (χ4n) is 2.11. The summed E-state index contributed by atoms with van der Waals surface area (Å²) in [6.07, 6.45) is 2.62. The Bertz CT molecular complexity index is 561. The number of aromatic nitrogens is 1. The molecule has 1 aromatic heterocycles. The predicted octanol–water partition coefficient (Wildman–Crippen LogP) is 3.06. The Morgan fingerprint density at radius 1 is 1.30 bits per heavy atom. The van der Waals surface area contributed by atoms with Gasteiger partial charge < -0.3 is 14.6 Å². The van der Waals surface area contributed by atoms with E-state index in [0.29, 0.717) is 6.54 Å². The third kappa shape index (κ3) is 3.61. The molecule has 0 atom stereocenters. The van der Waals surface area contributed by atoms with Crippen molar-refractivity contribution in [2.75, 3.05) is 6.61 Å². The Morgan fingerprint density at radius 2 is 2.15 bits per heavy atom. The summed E-state index contributed by atoms with van der Waals surface area (Å²) in [5, 5.41) is 7.34. The molecular formula is C16H20N2O2. The van der Waals surface area contributed by atoms with Crippen LogP contribution in [0, 0.1) is 12.8 Å². The fourth-order valence-corrected chi connectivity index (χ4v) is 2.11. The molecule has 0 aliphatic heterocycles. The maximum absolute atomic E-state index is 5.89. The monoisotopic (exact) mass is 272 g/mol. The second-order valence-corrected chi connectivity index (χ2v) is 5.39. The molecule has 0 bridgehead atoms. The van der Waals surface area contributed by atoms with Crippen molar-refractivity contribution in [2.24, 2.45) is 5.92 Å². The van der Waals surface area contributed by atoms with Gasteiger partial charge in [0.2, 0.25) is 0 Å². The molecule has 1 aromatic carbocycles. The lowest BCUT2D eigenvalue weighted by Crippen LogP contribution is -2.14. The van der Waals surface area contributed by atoms with E-state index < -0.39 is 0 Å². The topological polar surface area (TPSA) is 47.3 Å². The Hall–Kier alpha value is -1.81. The van der Waals surface area contributed by atoms with Crippen LogP contribution in [0.5, 0.6) is 5.75 Å². The van der Waals surface area contributed by atoms with Crippen molar-refractivity contribution in [2.45, 2.75) is 32.9 Å². The van der Waals surface area contributed by atoms with E-state index in [4.69, 9.17) is 9.26 Å². The third-order valence-corrected chi connectivity index (χ3v) is 3.44. The molecule has 3 rings (SSSR count). The van der Waals surface area contributed by atoms with Crippen LogP contribution in [0.1, 0.15) is 29.9 Å². The predicted molar refractivity (Wildman–Crippen MR) is 76.4 cm³/mol. The molecule has 1 aliphatic rings. The number of aryl methyl sites for hydroxylation is 1. The van der Waals surface area contributed by atoms with Gasteiger partial charge in [0.15, 0.2) is 0 Å². The Kier molecular flexibility index (Phi) is 4.02. The first kappa shape index (κ1) is 13.2. The van der Waals surface area contributed by atoms with Gasteiger partial charge in [-0.25, -0.2) is 0 Å². The van der Waals surface area contributed by atoms with Crippen LogP contribution in [0.2, 0.25) is 0 Å². The molecule has 1 saturated carbocycles. The summed E-state index contributed by atoms with van der Waals surface area (Å²) in [4.78, 5) is 0. The van der Waals surface area contributed by atoms with Gasteiger partial charge in [0.05, 0.1) is 12.3 Å². The number of ether oxygens (including phenoxy) is 1. The maximum atomic E-state index is 5.89. The van der Waals surface area contributed by atoms with E-state index in [9.17, 15) is 0 Å². The minimum Gasteiger partial charge on any atom is -0.493 e. The molecule has 0 radical (unpaired) electrons. The molecule has 4 heteroatoms. The standard InChI is InChI=1S/C16H20N2O2/c1-12-8-15(18-20-12)10-17-9-14-4-2-3-5-16(14)19-11-13-6-7-13/h2-5,8,13,17H,6-7,9-11H2,1H3. The number of rotatable bonds is 7. The first-order valence-corrected chi connectivity index (χ1v) is 7.15. The SMILES string of the molecule is Cc1cc(CNCc2ccccc2OCC2CC2)no1. The third-order valence-electron chi connectivity index (χ3n) is 3.44. The van der Waals surface area contributed by atoms with Crippen LogP contribution in [-0.4, -0.2) is 11.8 Å². The highest BCUT2D eigenvalue weighted by atomic mass is 16.5. The van der Waals surface area contributed by atoms with Crippen molar-refractivity contribution in [3.63, 3.8) is 0 Å². The van der Waals surface area contributed by atoms with Gasteiger partial charge in [0.1, 0.15) is 11.5 Å². The normalized spacial score (nSPS) is 14.4. The van der Waals surface area contributed by atoms with Crippen molar-refractivity contribution in [1.82, 2.24) is 10.5 Å². The summed E-state index contributed by atoms with van der Waals surface area (Å²) in [5.74, 6) is 2.60. The van der Waals surface area contributed by atoms with E-state index in [0.717, 1.165) is 36.3 Å². The molecule has 0 unspecified atom stereocenters. The van der Waals surface area contributed by atoms with Gasteiger partial charge in [-0.15, -0.1) is 0 Å². The van der Waals surface area contributed by atoms with E-state index in [1.165, 1.54) is 18.4 Å². The largest absolute Gasteiger partial charge is 0.493 e. The number of hydrogen-bond donors (Lipinski definition) is 1. The van der Waals surface area contributed by atoms with Crippen LogP contribution in [0.4, 0.5) is 0 Å². The minimum absolute atomic E-state index is 0.703. The van der Waals surface area contributed by atoms with Crippen LogP contribution < -0.4 is 10.1 Å². The Morgan fingerprint density at radius 3 is 2.90 bits per heavy atom. The zero-order chi connectivity index (χ0) is 13.8. The van der Waals surface area contributed by atoms with E-state index >= 15 is 0 Å². The Balaban J connectivity index is 1.53. The van der Waals surface area contributed by atoms with Crippen LogP contribution >= 0.6 is 0 Å². The lowest BCUT2D eigenvalue weighted by atomic mass is 10.2. The molecule has 1 aliphatic carbocycles. The summed E-state index contributed by atoms with van der Waals surface area (Å²) in [5.41, 5.74) is 2.12. The smallest absolute Gasteiger partial charge is 0.133 e. The fraction of sp³-hybridized carbons (Fsp3) is 0.438. The number of benzene rings is 1. The zero-order valence-corrected chi connectivity index (χ0v) is 11.8. The van der Waals surface area contributed by atoms with Crippen molar-refractivity contribution < 1.29 is 9.26 Å². The number of nitrogens with zero attached hydrogens (tertiary/aromatic N) is 1. The van der Waals surface area contributed by atoms with Gasteiger partial charge in [-0.3, -0.25) is 0 Å². The zero-order valence-electron chi connectivity index (χ0n) is 11.8. The highest BCUT2D eigenvalue weighted by Crippen LogP contribution is 2.30. The van der Waals surface area contributed by atoms with Crippen LogP contribution in [-0.2, 0) is 13.1 Å². The Labute approximate surface area is 119 Å². The molecular weight excluding hydrogens is 252 g/mol. The number of hydrogen-bond acceptors (Lipinski definition) is 4. The van der Waals surface area contributed by atoms with Gasteiger partial charge in [0.25, 0.3) is 0 Å². The van der Waals surface area contributed by atoms with E-state index in [-0.39, 0.29) is 0 Å². The molecule has 0 amide bonds. The van der Waals surface area contributed by atoms with E-state index in [2.05, 4.69) is 16.5 Å². The summed E-state index contributed by atoms with van der Waals surface area (Å²) in [7, 11) is 0. The van der Waals surface area contributed by atoms with E-state index in [1.54, 1.807) is 0 Å². The average molecular weight is 272 g/mol. The van der Waals surface area contributed by atoms with Gasteiger partial charge in [0, 0.05) is 24.7 Å². The number of para-hydroxylation sites is 1. The molecule has 2 aromatic rings. The molecule has 106 valence electrons. The summed E-state index contributed by atoms with van der Waals surface area (Å²) in [6.45, 7) is 4.22. The second-order valence-electron chi connectivity index (χ2n) is 5.39. The lowest BCUT2D eigenvalue weighted by Gasteiger charge is -2.11. The van der Waals surface area contributed by atoms with E-state index in [1.807, 2.05) is 31.2 Å². The summed E-state index contributed by atoms with van der Waals surface area (Å²) in [6, 6.07) is 10.2. The summed E-state index contributed by atoms with van der Waals surface area (Å²) < 4.78 is 10.9. The van der Waals surface area contributed by atoms with Crippen LogP contribution in [0.25, 0.3) is 0 Å². The van der Waals surface area contributed by atoms with Gasteiger partial charge in [-0.1, -0.05) is 23.4 Å². The quantitative estimate of drug-likeness (QED) is 0.841. The van der Waals surface area contributed by atoms with Crippen molar-refractivity contribution in [3.05, 3.63) is 47.3 Å². The molecule has 1 fully saturated rings. The van der Waals surface area contributed by atoms with Gasteiger partial charge >= 0.3 is 0 Å². The molecule has 4 nitrogen and oxygen atoms in total. The molecule has 20 heavy (non-hydrogen) atoms. The first-order chi connectivity index (χ1) is 9.81. The first-order valence-electron chi connectivity index (χ1n) is 7.15.